The Morgan fingerprint density at radius 2 is 1.28 bits per heavy atom. The number of furan rings is 1. The fourth-order valence-corrected chi connectivity index (χ4v) is 3.69. The van der Waals surface area contributed by atoms with E-state index in [0.29, 0.717) is 44.3 Å². The number of carbonyl (C=O) groups is 2. The summed E-state index contributed by atoms with van der Waals surface area (Å²) in [5.41, 5.74) is -3.17. The molecule has 0 bridgehead atoms. The van der Waals surface area contributed by atoms with Crippen LogP contribution in [0.5, 0.6) is 0 Å². The van der Waals surface area contributed by atoms with Crippen LogP contribution in [-0.4, -0.2) is 38.1 Å². The summed E-state index contributed by atoms with van der Waals surface area (Å²) >= 11 is 0. The van der Waals surface area contributed by atoms with E-state index in [1.807, 2.05) is 4.90 Å². The van der Waals surface area contributed by atoms with Crippen molar-refractivity contribution < 1.29 is 45.1 Å². The minimum Gasteiger partial charge on any atom is -0.441 e. The number of rotatable bonds is 6. The van der Waals surface area contributed by atoms with E-state index >= 15 is 0 Å². The highest BCUT2D eigenvalue weighted by atomic mass is 19.4. The predicted octanol–water partition coefficient (Wildman–Crippen LogP) is 5.81. The van der Waals surface area contributed by atoms with Gasteiger partial charge in [0, 0.05) is 30.5 Å². The summed E-state index contributed by atoms with van der Waals surface area (Å²) in [6.07, 6.45) is -8.30. The minimum atomic E-state index is -4.68. The van der Waals surface area contributed by atoms with Crippen molar-refractivity contribution in [3.8, 4) is 0 Å². The summed E-state index contributed by atoms with van der Waals surface area (Å²) in [4.78, 5) is 28.0. The third-order valence-electron chi connectivity index (χ3n) is 5.61. The highest BCUT2D eigenvalue weighted by molar-refractivity contribution is 6.28. The first-order valence-corrected chi connectivity index (χ1v) is 11.5. The maximum absolute atomic E-state index is 13.1. The Kier molecular flexibility index (Phi) is 8.00. The molecule has 2 heterocycles. The summed E-state index contributed by atoms with van der Waals surface area (Å²) in [6, 6.07) is 10.6. The second-order valence-corrected chi connectivity index (χ2v) is 8.40. The van der Waals surface area contributed by atoms with Crippen molar-refractivity contribution in [2.24, 2.45) is 0 Å². The molecule has 0 atom stereocenters. The number of halogens is 6. The zero-order valence-corrected chi connectivity index (χ0v) is 20.0. The zero-order chi connectivity index (χ0) is 28.2. The molecule has 1 saturated heterocycles. The third kappa shape index (κ3) is 7.19. The average molecular weight is 553 g/mol. The van der Waals surface area contributed by atoms with Gasteiger partial charge < -0.3 is 24.7 Å². The summed E-state index contributed by atoms with van der Waals surface area (Å²) < 4.78 is 89.6. The molecule has 1 fully saturated rings. The lowest BCUT2D eigenvalue weighted by molar-refractivity contribution is -0.138. The van der Waals surface area contributed by atoms with Crippen molar-refractivity contribution in [2.75, 3.05) is 41.8 Å². The third-order valence-corrected chi connectivity index (χ3v) is 5.61. The van der Waals surface area contributed by atoms with E-state index in [-0.39, 0.29) is 17.1 Å². The Morgan fingerprint density at radius 1 is 0.769 bits per heavy atom. The number of carbonyl (C=O) groups excluding carboxylic acids is 2. The van der Waals surface area contributed by atoms with Crippen LogP contribution in [0.3, 0.4) is 0 Å². The predicted molar refractivity (Wildman–Crippen MR) is 130 cm³/mol. The molecule has 2 aromatic carbocycles. The van der Waals surface area contributed by atoms with E-state index in [1.54, 1.807) is 6.07 Å². The maximum Gasteiger partial charge on any atom is 0.416 e. The van der Waals surface area contributed by atoms with Crippen molar-refractivity contribution in [2.45, 2.75) is 12.4 Å². The van der Waals surface area contributed by atoms with Crippen molar-refractivity contribution >= 4 is 35.1 Å². The molecule has 0 aliphatic carbocycles. The normalized spacial score (nSPS) is 14.1. The standard InChI is InChI=1S/C26H21F6N3O4/c27-25(28,29)16-3-1-5-18(13-16)33-23(36)21(15-20-7-8-22(39-20)35-9-11-38-12-10-35)24(37)34-19-6-2-4-17(14-19)26(30,31)32/h1-8,13-15H,9-12H2,(H,33,36)(H,34,37). The topological polar surface area (TPSA) is 83.8 Å². The molecular weight excluding hydrogens is 532 g/mol. The number of amides is 2. The second-order valence-electron chi connectivity index (χ2n) is 8.40. The van der Waals surface area contributed by atoms with Crippen LogP contribution in [0.2, 0.25) is 0 Å². The summed E-state index contributed by atoms with van der Waals surface area (Å²) in [5.74, 6) is -1.73. The molecule has 39 heavy (non-hydrogen) atoms. The van der Waals surface area contributed by atoms with Gasteiger partial charge in [0.15, 0.2) is 5.88 Å². The fraction of sp³-hybridized carbons (Fsp3) is 0.231. The summed E-state index contributed by atoms with van der Waals surface area (Å²) in [6.45, 7) is 2.01. The van der Waals surface area contributed by atoms with Gasteiger partial charge >= 0.3 is 12.4 Å². The Balaban J connectivity index is 1.63. The number of nitrogens with zero attached hydrogens (tertiary/aromatic N) is 1. The quantitative estimate of drug-likeness (QED) is 0.174. The van der Waals surface area contributed by atoms with Gasteiger partial charge in [-0.1, -0.05) is 12.1 Å². The number of alkyl halides is 6. The number of benzene rings is 2. The monoisotopic (exact) mass is 553 g/mol. The number of anilines is 3. The van der Waals surface area contributed by atoms with Crippen LogP contribution in [0.15, 0.2) is 70.7 Å². The molecule has 0 saturated carbocycles. The molecule has 7 nitrogen and oxygen atoms in total. The Hall–Kier alpha value is -4.26. The zero-order valence-electron chi connectivity index (χ0n) is 20.0. The molecule has 0 radical (unpaired) electrons. The van der Waals surface area contributed by atoms with Crippen LogP contribution in [0, 0.1) is 0 Å². The number of morpholine rings is 1. The summed E-state index contributed by atoms with van der Waals surface area (Å²) in [7, 11) is 0. The lowest BCUT2D eigenvalue weighted by atomic mass is 10.1. The molecule has 2 N–H and O–H groups in total. The van der Waals surface area contributed by atoms with Crippen LogP contribution in [0.4, 0.5) is 43.6 Å². The van der Waals surface area contributed by atoms with Crippen molar-refractivity contribution in [3.05, 3.63) is 83.1 Å². The van der Waals surface area contributed by atoms with E-state index in [2.05, 4.69) is 10.6 Å². The average Bonchev–Trinajstić information content (AvgIpc) is 3.36. The van der Waals surface area contributed by atoms with Gasteiger partial charge in [0.25, 0.3) is 11.8 Å². The van der Waals surface area contributed by atoms with Gasteiger partial charge in [-0.15, -0.1) is 0 Å². The summed E-state index contributed by atoms with van der Waals surface area (Å²) in [5, 5.41) is 4.46. The minimum absolute atomic E-state index is 0.0601. The van der Waals surface area contributed by atoms with Gasteiger partial charge in [0.2, 0.25) is 0 Å². The lowest BCUT2D eigenvalue weighted by Gasteiger charge is -2.26. The van der Waals surface area contributed by atoms with E-state index in [4.69, 9.17) is 9.15 Å². The van der Waals surface area contributed by atoms with E-state index < -0.39 is 40.9 Å². The molecule has 0 spiro atoms. The smallest absolute Gasteiger partial charge is 0.416 e. The highest BCUT2D eigenvalue weighted by Gasteiger charge is 2.32. The highest BCUT2D eigenvalue weighted by Crippen LogP contribution is 2.32. The molecule has 3 aromatic rings. The number of hydrogen-bond acceptors (Lipinski definition) is 5. The van der Waals surface area contributed by atoms with Crippen molar-refractivity contribution in [1.29, 1.82) is 0 Å². The van der Waals surface area contributed by atoms with Gasteiger partial charge in [0.1, 0.15) is 11.3 Å². The molecule has 13 heteroatoms. The van der Waals surface area contributed by atoms with Crippen LogP contribution in [0.1, 0.15) is 16.9 Å². The maximum atomic E-state index is 13.1. The molecule has 1 aliphatic heterocycles. The van der Waals surface area contributed by atoms with E-state index in [1.165, 1.54) is 18.2 Å². The molecular formula is C26H21F6N3O4. The van der Waals surface area contributed by atoms with E-state index in [0.717, 1.165) is 30.3 Å². The Labute approximate surface area is 218 Å². The SMILES string of the molecule is O=C(Nc1cccc(C(F)(F)F)c1)C(=Cc1ccc(N2CCOCC2)o1)C(=O)Nc1cccc(C(F)(F)F)c1. The van der Waals surface area contributed by atoms with Gasteiger partial charge in [-0.25, -0.2) is 0 Å². The van der Waals surface area contributed by atoms with Crippen LogP contribution in [-0.2, 0) is 26.7 Å². The number of hydrogen-bond donors (Lipinski definition) is 2. The van der Waals surface area contributed by atoms with Crippen molar-refractivity contribution in [1.82, 2.24) is 0 Å². The first-order valence-electron chi connectivity index (χ1n) is 11.5. The van der Waals surface area contributed by atoms with Crippen molar-refractivity contribution in [3.63, 3.8) is 0 Å². The largest absolute Gasteiger partial charge is 0.441 e. The first kappa shape index (κ1) is 27.8. The lowest BCUT2D eigenvalue weighted by Crippen LogP contribution is -2.35. The number of nitrogens with one attached hydrogen (secondary N) is 2. The molecule has 4 rings (SSSR count). The van der Waals surface area contributed by atoms with Crippen LogP contribution in [0.25, 0.3) is 6.08 Å². The Bertz CT molecular complexity index is 1300. The van der Waals surface area contributed by atoms with Gasteiger partial charge in [-0.05, 0) is 48.5 Å². The van der Waals surface area contributed by atoms with Gasteiger partial charge in [0.05, 0.1) is 24.3 Å². The molecule has 2 amide bonds. The number of ether oxygens (including phenoxy) is 1. The van der Waals surface area contributed by atoms with Crippen LogP contribution >= 0.6 is 0 Å². The van der Waals surface area contributed by atoms with E-state index in [9.17, 15) is 35.9 Å². The fourth-order valence-electron chi connectivity index (χ4n) is 3.69. The molecule has 1 aliphatic rings. The molecule has 1 aromatic heterocycles. The molecule has 0 unspecified atom stereocenters. The molecule has 206 valence electrons. The van der Waals surface area contributed by atoms with Gasteiger partial charge in [-0.3, -0.25) is 9.59 Å². The second kappa shape index (κ2) is 11.2. The Morgan fingerprint density at radius 3 is 1.77 bits per heavy atom. The first-order chi connectivity index (χ1) is 18.4. The van der Waals surface area contributed by atoms with Crippen LogP contribution < -0.4 is 15.5 Å². The van der Waals surface area contributed by atoms with Gasteiger partial charge in [-0.2, -0.15) is 26.3 Å².